The van der Waals surface area contributed by atoms with Gasteiger partial charge in [-0.05, 0) is 36.8 Å². The fraction of sp³-hybridized carbons (Fsp3) is 0.368. The summed E-state index contributed by atoms with van der Waals surface area (Å²) in [5, 5.41) is 4.89. The molecule has 0 aliphatic rings. The van der Waals surface area contributed by atoms with E-state index in [-0.39, 0.29) is 19.0 Å². The van der Waals surface area contributed by atoms with Gasteiger partial charge in [-0.25, -0.2) is 4.79 Å². The van der Waals surface area contributed by atoms with Crippen LogP contribution in [0.3, 0.4) is 0 Å². The molecule has 1 unspecified atom stereocenters. The Morgan fingerprint density at radius 3 is 2.52 bits per heavy atom. The normalized spacial score (nSPS) is 11.6. The second kappa shape index (κ2) is 9.63. The van der Waals surface area contributed by atoms with E-state index in [4.69, 9.17) is 13.9 Å². The highest BCUT2D eigenvalue weighted by Gasteiger charge is 2.16. The third kappa shape index (κ3) is 6.03. The van der Waals surface area contributed by atoms with Gasteiger partial charge in [-0.3, -0.25) is 10.1 Å². The van der Waals surface area contributed by atoms with Crippen molar-refractivity contribution in [3.8, 4) is 11.5 Å². The fourth-order valence-electron chi connectivity index (χ4n) is 2.67. The number of urea groups is 1. The summed E-state index contributed by atoms with van der Waals surface area (Å²) in [6.45, 7) is 2.96. The molecule has 0 radical (unpaired) electrons. The number of carbonyl (C=O) groups excluding carboxylic acids is 2. The van der Waals surface area contributed by atoms with Crippen molar-refractivity contribution in [3.05, 3.63) is 47.4 Å². The molecule has 2 aromatic rings. The summed E-state index contributed by atoms with van der Waals surface area (Å²) >= 11 is 0. The molecule has 146 valence electrons. The summed E-state index contributed by atoms with van der Waals surface area (Å²) in [7, 11) is 5.06. The number of hydrogen-bond donors (Lipinski definition) is 3. The first-order valence-corrected chi connectivity index (χ1v) is 8.55. The van der Waals surface area contributed by atoms with Gasteiger partial charge in [-0.15, -0.1) is 0 Å². The van der Waals surface area contributed by atoms with Gasteiger partial charge in [0, 0.05) is 5.56 Å². The third-order valence-corrected chi connectivity index (χ3v) is 4.05. The molecule has 0 aliphatic carbocycles. The molecule has 0 saturated carbocycles. The van der Waals surface area contributed by atoms with Gasteiger partial charge in [0.05, 0.1) is 34.1 Å². The van der Waals surface area contributed by atoms with Crippen molar-refractivity contribution in [1.82, 2.24) is 10.6 Å². The van der Waals surface area contributed by atoms with Crippen molar-refractivity contribution >= 4 is 11.9 Å². The molecule has 0 bridgehead atoms. The number of carbonyl (C=O) groups is 2. The van der Waals surface area contributed by atoms with Crippen molar-refractivity contribution in [2.24, 2.45) is 0 Å². The lowest BCUT2D eigenvalue weighted by Gasteiger charge is -2.17. The molecule has 0 aliphatic heterocycles. The van der Waals surface area contributed by atoms with Crippen LogP contribution < -0.4 is 25.0 Å². The highest BCUT2D eigenvalue weighted by molar-refractivity contribution is 5.94. The Balaban J connectivity index is 1.84. The Kier molecular flexibility index (Phi) is 7.25. The van der Waals surface area contributed by atoms with Crippen molar-refractivity contribution in [3.63, 3.8) is 0 Å². The molecule has 0 spiro atoms. The Hall–Kier alpha value is -3.00. The van der Waals surface area contributed by atoms with Gasteiger partial charge in [-0.2, -0.15) is 0 Å². The number of likely N-dealkylation sites (N-methyl/N-ethyl adjacent to an activating group) is 1. The number of nitrogens with one attached hydrogen (secondary N) is 3. The molecule has 2 rings (SSSR count). The Labute approximate surface area is 158 Å². The summed E-state index contributed by atoms with van der Waals surface area (Å²) in [5.74, 6) is 1.57. The van der Waals surface area contributed by atoms with Gasteiger partial charge in [0.1, 0.15) is 12.3 Å². The molecule has 3 N–H and O–H groups in total. The Bertz CT molecular complexity index is 774. The van der Waals surface area contributed by atoms with Gasteiger partial charge < -0.3 is 24.1 Å². The maximum absolute atomic E-state index is 12.1. The van der Waals surface area contributed by atoms with E-state index in [1.807, 2.05) is 26.1 Å². The zero-order valence-electron chi connectivity index (χ0n) is 16.0. The van der Waals surface area contributed by atoms with E-state index in [0.29, 0.717) is 23.8 Å². The minimum Gasteiger partial charge on any atom is -0.493 e. The number of imide groups is 1. The second-order valence-electron chi connectivity index (χ2n) is 6.25. The predicted molar refractivity (Wildman–Crippen MR) is 98.8 cm³/mol. The van der Waals surface area contributed by atoms with E-state index in [1.54, 1.807) is 26.4 Å². The van der Waals surface area contributed by atoms with Crippen molar-refractivity contribution in [2.75, 3.05) is 27.8 Å². The second-order valence-corrected chi connectivity index (χ2v) is 6.25. The molecule has 3 amide bonds. The van der Waals surface area contributed by atoms with Crippen molar-refractivity contribution < 1.29 is 28.4 Å². The summed E-state index contributed by atoms with van der Waals surface area (Å²) in [6, 6.07) is 6.74. The molecule has 8 heteroatoms. The first-order valence-electron chi connectivity index (χ1n) is 8.55. The number of benzene rings is 1. The van der Waals surface area contributed by atoms with E-state index in [1.165, 1.54) is 6.26 Å². The number of aryl methyl sites for hydroxylation is 1. The van der Waals surface area contributed by atoms with Gasteiger partial charge in [0.15, 0.2) is 18.0 Å². The van der Waals surface area contributed by atoms with Crippen LogP contribution in [0.5, 0.6) is 11.5 Å². The van der Waals surface area contributed by atoms with E-state index in [0.717, 1.165) is 16.0 Å². The average molecular weight is 376 g/mol. The van der Waals surface area contributed by atoms with Gasteiger partial charge in [-0.1, -0.05) is 0 Å². The van der Waals surface area contributed by atoms with Crippen LogP contribution in [0.2, 0.25) is 0 Å². The monoisotopic (exact) mass is 376 g/mol. The number of hydrogen-bond acceptors (Lipinski definition) is 5. The van der Waals surface area contributed by atoms with Gasteiger partial charge in [0.2, 0.25) is 0 Å². The van der Waals surface area contributed by atoms with Crippen LogP contribution in [-0.4, -0.2) is 39.8 Å². The molecule has 8 nitrogen and oxygen atoms in total. The molecule has 0 saturated heterocycles. The van der Waals surface area contributed by atoms with E-state index < -0.39 is 6.03 Å². The largest absolute Gasteiger partial charge is 0.493 e. The fourth-order valence-corrected chi connectivity index (χ4v) is 2.67. The zero-order valence-corrected chi connectivity index (χ0v) is 16.0. The molecule has 1 aromatic carbocycles. The Morgan fingerprint density at radius 2 is 1.89 bits per heavy atom. The van der Waals surface area contributed by atoms with Crippen LogP contribution in [0.4, 0.5) is 4.79 Å². The van der Waals surface area contributed by atoms with Crippen LogP contribution in [0.1, 0.15) is 16.9 Å². The van der Waals surface area contributed by atoms with Gasteiger partial charge in [0.25, 0.3) is 5.91 Å². The van der Waals surface area contributed by atoms with Crippen LogP contribution in [-0.2, 0) is 17.9 Å². The van der Waals surface area contributed by atoms with Crippen molar-refractivity contribution in [2.45, 2.75) is 20.0 Å². The molecule has 0 fully saturated rings. The summed E-state index contributed by atoms with van der Waals surface area (Å²) in [6.07, 6.45) is 1.52. The van der Waals surface area contributed by atoms with Crippen LogP contribution >= 0.6 is 0 Å². The molecule has 1 heterocycles. The lowest BCUT2D eigenvalue weighted by Crippen LogP contribution is -3.09. The third-order valence-electron chi connectivity index (χ3n) is 4.05. The predicted octanol–water partition coefficient (Wildman–Crippen LogP) is 0.646. The first-order chi connectivity index (χ1) is 12.9. The quantitative estimate of drug-likeness (QED) is 0.629. The smallest absolute Gasteiger partial charge is 0.321 e. The molecular formula is C19H26N3O5+. The molecular weight excluding hydrogens is 350 g/mol. The number of rotatable bonds is 8. The maximum atomic E-state index is 12.1. The highest BCUT2D eigenvalue weighted by atomic mass is 16.5. The summed E-state index contributed by atoms with van der Waals surface area (Å²) in [4.78, 5) is 24.8. The average Bonchev–Trinajstić information content (AvgIpc) is 3.14. The molecule has 27 heavy (non-hydrogen) atoms. The maximum Gasteiger partial charge on any atom is 0.321 e. The lowest BCUT2D eigenvalue weighted by atomic mass is 10.1. The van der Waals surface area contributed by atoms with Crippen LogP contribution in [0.25, 0.3) is 0 Å². The van der Waals surface area contributed by atoms with Crippen molar-refractivity contribution in [1.29, 1.82) is 0 Å². The zero-order chi connectivity index (χ0) is 19.8. The van der Waals surface area contributed by atoms with E-state index in [2.05, 4.69) is 10.6 Å². The topological polar surface area (TPSA) is 94.2 Å². The standard InChI is InChI=1S/C19H25N3O5/c1-13-8-16(25-3)17(26-4)9-14(13)11-22(2)12-18(23)21-19(24)20-10-15-6-5-7-27-15/h5-9H,10-12H2,1-4H3,(H2,20,21,23,24)/p+1. The molecule has 1 aromatic heterocycles. The number of quaternary nitrogens is 1. The van der Waals surface area contributed by atoms with E-state index >= 15 is 0 Å². The van der Waals surface area contributed by atoms with Crippen LogP contribution in [0, 0.1) is 6.92 Å². The number of ether oxygens (including phenoxy) is 2. The lowest BCUT2D eigenvalue weighted by molar-refractivity contribution is -0.885. The summed E-state index contributed by atoms with van der Waals surface area (Å²) < 4.78 is 15.7. The van der Waals surface area contributed by atoms with Gasteiger partial charge >= 0.3 is 6.03 Å². The Morgan fingerprint density at radius 1 is 1.19 bits per heavy atom. The number of amides is 3. The van der Waals surface area contributed by atoms with Crippen LogP contribution in [0.15, 0.2) is 34.9 Å². The SMILES string of the molecule is COc1cc(C)c(C[NH+](C)CC(=O)NC(=O)NCc2ccco2)cc1OC. The first kappa shape index (κ1) is 20.3. The summed E-state index contributed by atoms with van der Waals surface area (Å²) in [5.41, 5.74) is 2.09. The highest BCUT2D eigenvalue weighted by Crippen LogP contribution is 2.29. The number of methoxy groups -OCH3 is 2. The van der Waals surface area contributed by atoms with E-state index in [9.17, 15) is 9.59 Å². The minimum absolute atomic E-state index is 0.155. The molecule has 1 atom stereocenters. The number of furan rings is 1. The minimum atomic E-state index is -0.550.